The number of hydrogen-bond acceptors (Lipinski definition) is 4. The van der Waals surface area contributed by atoms with E-state index in [0.717, 1.165) is 12.8 Å². The fourth-order valence-corrected chi connectivity index (χ4v) is 4.02. The van der Waals surface area contributed by atoms with Gasteiger partial charge in [0.2, 0.25) is 15.9 Å². The van der Waals surface area contributed by atoms with Gasteiger partial charge in [0.05, 0.1) is 15.5 Å². The molecule has 0 unspecified atom stereocenters. The van der Waals surface area contributed by atoms with Crippen LogP contribution in [-0.4, -0.2) is 33.3 Å². The van der Waals surface area contributed by atoms with E-state index in [1.54, 1.807) is 24.3 Å². The maximum atomic E-state index is 12.2. The number of nitrogens with one attached hydrogen (secondary N) is 3. The molecule has 1 fully saturated rings. The second-order valence-corrected chi connectivity index (χ2v) is 8.68. The van der Waals surface area contributed by atoms with Gasteiger partial charge in [-0.25, -0.2) is 13.1 Å². The zero-order chi connectivity index (χ0) is 21.0. The van der Waals surface area contributed by atoms with E-state index in [-0.39, 0.29) is 27.4 Å². The van der Waals surface area contributed by atoms with Crippen molar-refractivity contribution < 1.29 is 18.0 Å². The molecule has 1 aliphatic carbocycles. The number of carbonyl (C=O) groups excluding carboxylic acids is 2. The molecule has 2 amide bonds. The predicted octanol–water partition coefficient (Wildman–Crippen LogP) is 2.79. The van der Waals surface area contributed by atoms with Crippen LogP contribution in [0.25, 0.3) is 6.08 Å². The van der Waals surface area contributed by atoms with Gasteiger partial charge in [0.15, 0.2) is 0 Å². The van der Waals surface area contributed by atoms with Crippen LogP contribution in [0.5, 0.6) is 0 Å². The van der Waals surface area contributed by atoms with E-state index in [4.69, 9.17) is 11.6 Å². The summed E-state index contributed by atoms with van der Waals surface area (Å²) in [5.41, 5.74) is 1.36. The minimum Gasteiger partial charge on any atom is -0.355 e. The van der Waals surface area contributed by atoms with E-state index < -0.39 is 15.9 Å². The lowest BCUT2D eigenvalue weighted by atomic mass is 10.2. The molecule has 1 aliphatic rings. The molecule has 0 spiro atoms. The Morgan fingerprint density at radius 3 is 2.41 bits per heavy atom. The minimum absolute atomic E-state index is 0.0417. The van der Waals surface area contributed by atoms with Crippen molar-refractivity contribution in [3.63, 3.8) is 0 Å². The molecule has 9 heteroatoms. The summed E-state index contributed by atoms with van der Waals surface area (Å²) in [4.78, 5) is 24.1. The monoisotopic (exact) mass is 433 g/mol. The maximum absolute atomic E-state index is 12.2. The molecular formula is C20H20ClN3O4S. The van der Waals surface area contributed by atoms with Gasteiger partial charge >= 0.3 is 0 Å². The highest BCUT2D eigenvalue weighted by Gasteiger charge is 2.27. The second kappa shape index (κ2) is 8.77. The fourth-order valence-electron chi connectivity index (χ4n) is 2.51. The molecule has 0 saturated heterocycles. The number of sulfonamides is 1. The van der Waals surface area contributed by atoms with Crippen LogP contribution in [0.1, 0.15) is 28.8 Å². The van der Waals surface area contributed by atoms with Gasteiger partial charge in [-0.1, -0.05) is 23.7 Å². The first-order chi connectivity index (χ1) is 13.8. The molecule has 2 aromatic rings. The van der Waals surface area contributed by atoms with Gasteiger partial charge in [-0.3, -0.25) is 9.59 Å². The molecule has 1 saturated carbocycles. The lowest BCUT2D eigenvalue weighted by Crippen LogP contribution is -2.25. The van der Waals surface area contributed by atoms with Crippen molar-refractivity contribution in [2.24, 2.45) is 0 Å². The molecule has 0 aliphatic heterocycles. The third-order valence-corrected chi connectivity index (χ3v) is 6.09. The summed E-state index contributed by atoms with van der Waals surface area (Å²) < 4.78 is 26.9. The standard InChI is InChI=1S/C20H20ClN3O4S/c1-22-20(26)17-12-15(7-10-18(17)21)23-19(25)11-4-13-2-8-16(9-3-13)29(27,28)24-14-5-6-14/h2-4,7-12,14,24H,5-6H2,1H3,(H,22,26)(H,23,25). The summed E-state index contributed by atoms with van der Waals surface area (Å²) in [6.07, 6.45) is 4.62. The Bertz CT molecular complexity index is 1060. The highest BCUT2D eigenvalue weighted by Crippen LogP contribution is 2.23. The van der Waals surface area contributed by atoms with Crippen molar-refractivity contribution in [1.82, 2.24) is 10.0 Å². The van der Waals surface area contributed by atoms with Crippen LogP contribution in [-0.2, 0) is 14.8 Å². The average Bonchev–Trinajstić information content (AvgIpc) is 3.51. The van der Waals surface area contributed by atoms with E-state index in [2.05, 4.69) is 15.4 Å². The van der Waals surface area contributed by atoms with Gasteiger partial charge in [0.1, 0.15) is 0 Å². The second-order valence-electron chi connectivity index (χ2n) is 6.56. The van der Waals surface area contributed by atoms with Crippen molar-refractivity contribution >= 4 is 45.2 Å². The molecule has 29 heavy (non-hydrogen) atoms. The third kappa shape index (κ3) is 5.66. The molecule has 0 atom stereocenters. The molecule has 0 heterocycles. The number of amides is 2. The largest absolute Gasteiger partial charge is 0.355 e. The van der Waals surface area contributed by atoms with E-state index in [1.165, 1.54) is 37.4 Å². The first kappa shape index (κ1) is 21.0. The van der Waals surface area contributed by atoms with Crippen LogP contribution < -0.4 is 15.4 Å². The zero-order valence-corrected chi connectivity index (χ0v) is 17.2. The number of halogens is 1. The summed E-state index contributed by atoms with van der Waals surface area (Å²) in [7, 11) is -2.01. The molecule has 7 nitrogen and oxygen atoms in total. The quantitative estimate of drug-likeness (QED) is 0.584. The Morgan fingerprint density at radius 1 is 1.10 bits per heavy atom. The summed E-state index contributed by atoms with van der Waals surface area (Å²) in [6, 6.07) is 10.9. The molecule has 3 N–H and O–H groups in total. The Hall–Kier alpha value is -2.68. The van der Waals surface area contributed by atoms with Gasteiger partial charge in [0.25, 0.3) is 5.91 Å². The first-order valence-electron chi connectivity index (χ1n) is 8.91. The summed E-state index contributed by atoms with van der Waals surface area (Å²) in [6.45, 7) is 0. The van der Waals surface area contributed by atoms with E-state index in [0.29, 0.717) is 11.3 Å². The Labute approximate surface area is 174 Å². The maximum Gasteiger partial charge on any atom is 0.252 e. The predicted molar refractivity (Wildman–Crippen MR) is 112 cm³/mol. The third-order valence-electron chi connectivity index (χ3n) is 4.22. The van der Waals surface area contributed by atoms with Crippen LogP contribution in [0.15, 0.2) is 53.4 Å². The van der Waals surface area contributed by atoms with Gasteiger partial charge in [0, 0.05) is 24.9 Å². The summed E-state index contributed by atoms with van der Waals surface area (Å²) in [5.74, 6) is -0.755. The minimum atomic E-state index is -3.50. The van der Waals surface area contributed by atoms with Gasteiger partial charge in [-0.05, 0) is 54.8 Å². The van der Waals surface area contributed by atoms with Crippen LogP contribution >= 0.6 is 11.6 Å². The van der Waals surface area contributed by atoms with Gasteiger partial charge in [-0.2, -0.15) is 0 Å². The molecule has 0 radical (unpaired) electrons. The van der Waals surface area contributed by atoms with Crippen molar-refractivity contribution in [3.05, 3.63) is 64.7 Å². The van der Waals surface area contributed by atoms with Crippen LogP contribution in [0, 0.1) is 0 Å². The van der Waals surface area contributed by atoms with Crippen LogP contribution in [0.2, 0.25) is 5.02 Å². The number of hydrogen-bond donors (Lipinski definition) is 3. The van der Waals surface area contributed by atoms with Gasteiger partial charge in [-0.15, -0.1) is 0 Å². The lowest BCUT2D eigenvalue weighted by Gasteiger charge is -2.07. The summed E-state index contributed by atoms with van der Waals surface area (Å²) >= 11 is 5.99. The van der Waals surface area contributed by atoms with Crippen molar-refractivity contribution in [2.45, 2.75) is 23.8 Å². The molecule has 2 aromatic carbocycles. The Morgan fingerprint density at radius 2 is 1.79 bits per heavy atom. The Kier molecular flexibility index (Phi) is 6.36. The zero-order valence-electron chi connectivity index (χ0n) is 15.6. The molecule has 3 rings (SSSR count). The molecule has 0 aromatic heterocycles. The smallest absolute Gasteiger partial charge is 0.252 e. The molecule has 0 bridgehead atoms. The topological polar surface area (TPSA) is 104 Å². The fraction of sp³-hybridized carbons (Fsp3) is 0.200. The highest BCUT2D eigenvalue weighted by atomic mass is 35.5. The molecule has 152 valence electrons. The average molecular weight is 434 g/mol. The Balaban J connectivity index is 1.64. The number of anilines is 1. The number of benzene rings is 2. The number of carbonyl (C=O) groups is 2. The van der Waals surface area contributed by atoms with Crippen molar-refractivity contribution in [1.29, 1.82) is 0 Å². The van der Waals surface area contributed by atoms with Gasteiger partial charge < -0.3 is 10.6 Å². The first-order valence-corrected chi connectivity index (χ1v) is 10.8. The highest BCUT2D eigenvalue weighted by molar-refractivity contribution is 7.89. The van der Waals surface area contributed by atoms with Crippen LogP contribution in [0.3, 0.4) is 0 Å². The van der Waals surface area contributed by atoms with Crippen LogP contribution in [0.4, 0.5) is 5.69 Å². The van der Waals surface area contributed by atoms with Crippen molar-refractivity contribution in [3.8, 4) is 0 Å². The summed E-state index contributed by atoms with van der Waals surface area (Å²) in [5, 5.41) is 5.41. The van der Waals surface area contributed by atoms with E-state index >= 15 is 0 Å². The number of rotatable bonds is 7. The lowest BCUT2D eigenvalue weighted by molar-refractivity contribution is -0.111. The van der Waals surface area contributed by atoms with E-state index in [1.807, 2.05) is 0 Å². The SMILES string of the molecule is CNC(=O)c1cc(NC(=O)C=Cc2ccc(S(=O)(=O)NC3CC3)cc2)ccc1Cl. The van der Waals surface area contributed by atoms with Crippen molar-refractivity contribution in [2.75, 3.05) is 12.4 Å². The normalized spacial score (nSPS) is 14.0. The van der Waals surface area contributed by atoms with E-state index in [9.17, 15) is 18.0 Å². The molecular weight excluding hydrogens is 414 g/mol.